The molecule has 96 valence electrons. The number of benzene rings is 1. The molecule has 0 radical (unpaired) electrons. The maximum atomic E-state index is 6.09. The summed E-state index contributed by atoms with van der Waals surface area (Å²) in [5, 5.41) is 0.613. The summed E-state index contributed by atoms with van der Waals surface area (Å²) in [7, 11) is 1.60. The monoisotopic (exact) mass is 265 g/mol. The van der Waals surface area contributed by atoms with Crippen molar-refractivity contribution in [3.63, 3.8) is 0 Å². The molecule has 1 aromatic carbocycles. The van der Waals surface area contributed by atoms with E-state index in [9.17, 15) is 0 Å². The van der Waals surface area contributed by atoms with Gasteiger partial charge in [0.2, 0.25) is 0 Å². The largest absolute Gasteiger partial charge is 0.495 e. The highest BCUT2D eigenvalue weighted by molar-refractivity contribution is 6.32. The van der Waals surface area contributed by atoms with Crippen LogP contribution >= 0.6 is 11.6 Å². The summed E-state index contributed by atoms with van der Waals surface area (Å²) in [6.07, 6.45) is 0.728. The fourth-order valence-electron chi connectivity index (χ4n) is 1.85. The Morgan fingerprint density at radius 3 is 2.78 bits per heavy atom. The Hall–Kier alpha value is -1.52. The molecule has 0 fully saturated rings. The summed E-state index contributed by atoms with van der Waals surface area (Å²) in [5.41, 5.74) is 8.69. The Labute approximate surface area is 111 Å². The number of nitrogens with zero attached hydrogens (tertiary/aromatic N) is 1. The van der Waals surface area contributed by atoms with Gasteiger partial charge in [-0.15, -0.1) is 0 Å². The van der Waals surface area contributed by atoms with Crippen molar-refractivity contribution in [2.24, 2.45) is 5.73 Å². The van der Waals surface area contributed by atoms with Gasteiger partial charge in [0.25, 0.3) is 0 Å². The van der Waals surface area contributed by atoms with Crippen molar-refractivity contribution in [1.29, 1.82) is 0 Å². The molecule has 0 amide bonds. The molecular formula is C13H16ClN3O. The first kappa shape index (κ1) is 12.9. The molecule has 18 heavy (non-hydrogen) atoms. The number of H-pyrrole nitrogens is 1. The molecule has 0 aliphatic carbocycles. The van der Waals surface area contributed by atoms with Crippen molar-refractivity contribution < 1.29 is 4.74 Å². The van der Waals surface area contributed by atoms with Crippen LogP contribution in [0.3, 0.4) is 0 Å². The highest BCUT2D eigenvalue weighted by atomic mass is 35.5. The van der Waals surface area contributed by atoms with Crippen molar-refractivity contribution in [3.8, 4) is 5.75 Å². The van der Waals surface area contributed by atoms with Gasteiger partial charge in [0.15, 0.2) is 0 Å². The molecule has 0 saturated carbocycles. The number of halogens is 1. The topological polar surface area (TPSA) is 63.9 Å². The molecule has 0 unspecified atom stereocenters. The number of hydrogen-bond acceptors (Lipinski definition) is 3. The van der Waals surface area contributed by atoms with Crippen LogP contribution in [0.5, 0.6) is 5.75 Å². The van der Waals surface area contributed by atoms with E-state index in [0.717, 1.165) is 29.2 Å². The van der Waals surface area contributed by atoms with Crippen LogP contribution in [0.1, 0.15) is 22.8 Å². The first-order valence-electron chi connectivity index (χ1n) is 5.71. The zero-order valence-corrected chi connectivity index (χ0v) is 11.2. The number of aryl methyl sites for hydroxylation is 1. The van der Waals surface area contributed by atoms with Crippen LogP contribution in [0, 0.1) is 6.92 Å². The van der Waals surface area contributed by atoms with E-state index in [1.165, 1.54) is 0 Å². The van der Waals surface area contributed by atoms with Crippen molar-refractivity contribution in [2.45, 2.75) is 19.9 Å². The average molecular weight is 266 g/mol. The fourth-order valence-corrected chi connectivity index (χ4v) is 2.13. The van der Waals surface area contributed by atoms with E-state index >= 15 is 0 Å². The van der Waals surface area contributed by atoms with E-state index in [-0.39, 0.29) is 0 Å². The molecule has 3 N–H and O–H groups in total. The van der Waals surface area contributed by atoms with Gasteiger partial charge in [-0.2, -0.15) is 0 Å². The summed E-state index contributed by atoms with van der Waals surface area (Å²) in [5.74, 6) is 1.49. The molecule has 4 nitrogen and oxygen atoms in total. The Morgan fingerprint density at radius 2 is 2.22 bits per heavy atom. The van der Waals surface area contributed by atoms with Gasteiger partial charge in [0.1, 0.15) is 11.6 Å². The van der Waals surface area contributed by atoms with Crippen LogP contribution in [0.4, 0.5) is 0 Å². The molecule has 1 aromatic heterocycles. The number of ether oxygens (including phenoxy) is 1. The van der Waals surface area contributed by atoms with E-state index in [2.05, 4.69) is 9.97 Å². The van der Waals surface area contributed by atoms with Gasteiger partial charge in [-0.3, -0.25) is 0 Å². The third-order valence-corrected chi connectivity index (χ3v) is 3.11. The molecule has 0 spiro atoms. The van der Waals surface area contributed by atoms with Gasteiger partial charge in [0, 0.05) is 12.1 Å². The Bertz CT molecular complexity index is 551. The van der Waals surface area contributed by atoms with Gasteiger partial charge < -0.3 is 15.5 Å². The van der Waals surface area contributed by atoms with E-state index in [0.29, 0.717) is 17.3 Å². The molecule has 0 atom stereocenters. The number of rotatable bonds is 4. The predicted molar refractivity (Wildman–Crippen MR) is 72.0 cm³/mol. The quantitative estimate of drug-likeness (QED) is 0.892. The summed E-state index contributed by atoms with van der Waals surface area (Å²) >= 11 is 6.09. The molecule has 5 heteroatoms. The minimum Gasteiger partial charge on any atom is -0.495 e. The number of hydrogen-bond donors (Lipinski definition) is 2. The van der Waals surface area contributed by atoms with E-state index in [4.69, 9.17) is 22.1 Å². The highest BCUT2D eigenvalue weighted by Gasteiger charge is 2.08. The molecule has 0 bridgehead atoms. The zero-order chi connectivity index (χ0) is 13.1. The third kappa shape index (κ3) is 2.66. The number of nitrogens with two attached hydrogens (primary N) is 1. The Morgan fingerprint density at radius 1 is 1.44 bits per heavy atom. The highest BCUT2D eigenvalue weighted by Crippen LogP contribution is 2.26. The van der Waals surface area contributed by atoms with Crippen molar-refractivity contribution >= 4 is 11.6 Å². The average Bonchev–Trinajstić information content (AvgIpc) is 2.70. The molecule has 2 aromatic rings. The van der Waals surface area contributed by atoms with Crippen molar-refractivity contribution in [3.05, 3.63) is 46.0 Å². The molecular weight excluding hydrogens is 250 g/mol. The van der Waals surface area contributed by atoms with Crippen LogP contribution in [-0.2, 0) is 13.0 Å². The zero-order valence-electron chi connectivity index (χ0n) is 10.5. The van der Waals surface area contributed by atoms with Crippen LogP contribution in [0.15, 0.2) is 18.2 Å². The number of aromatic nitrogens is 2. The minimum atomic E-state index is 0.421. The lowest BCUT2D eigenvalue weighted by Crippen LogP contribution is -1.98. The maximum absolute atomic E-state index is 6.09. The summed E-state index contributed by atoms with van der Waals surface area (Å²) in [6.45, 7) is 2.41. The number of aromatic amines is 1. The van der Waals surface area contributed by atoms with Crippen molar-refractivity contribution in [1.82, 2.24) is 9.97 Å². The normalized spacial score (nSPS) is 10.7. The number of nitrogens with one attached hydrogen (secondary N) is 1. The molecule has 1 heterocycles. The van der Waals surface area contributed by atoms with E-state index in [1.807, 2.05) is 25.1 Å². The minimum absolute atomic E-state index is 0.421. The van der Waals surface area contributed by atoms with Gasteiger partial charge in [-0.05, 0) is 24.6 Å². The van der Waals surface area contributed by atoms with Crippen molar-refractivity contribution in [2.75, 3.05) is 7.11 Å². The maximum Gasteiger partial charge on any atom is 0.137 e. The summed E-state index contributed by atoms with van der Waals surface area (Å²) in [6, 6.07) is 5.75. The summed E-state index contributed by atoms with van der Waals surface area (Å²) in [4.78, 5) is 7.60. The second-order valence-electron chi connectivity index (χ2n) is 4.10. The van der Waals surface area contributed by atoms with Gasteiger partial charge >= 0.3 is 0 Å². The second kappa shape index (κ2) is 5.42. The lowest BCUT2D eigenvalue weighted by Gasteiger charge is -2.05. The first-order chi connectivity index (χ1) is 8.63. The Balaban J connectivity index is 2.22. The van der Waals surface area contributed by atoms with Gasteiger partial charge in [-0.1, -0.05) is 17.7 Å². The SMILES string of the molecule is COc1ccc(Cc2nc(CN)[nH]c2C)cc1Cl. The fraction of sp³-hybridized carbons (Fsp3) is 0.308. The number of imidazole rings is 1. The standard InChI is InChI=1S/C13H16ClN3O/c1-8-11(17-13(7-15)16-8)6-9-3-4-12(18-2)10(14)5-9/h3-5H,6-7,15H2,1-2H3,(H,16,17). The van der Waals surface area contributed by atoms with E-state index < -0.39 is 0 Å². The lowest BCUT2D eigenvalue weighted by molar-refractivity contribution is 0.415. The van der Waals surface area contributed by atoms with Gasteiger partial charge in [0.05, 0.1) is 24.4 Å². The Kier molecular flexibility index (Phi) is 3.89. The van der Waals surface area contributed by atoms with Crippen LogP contribution in [0.2, 0.25) is 5.02 Å². The molecule has 0 aliphatic heterocycles. The first-order valence-corrected chi connectivity index (χ1v) is 6.08. The number of methoxy groups -OCH3 is 1. The van der Waals surface area contributed by atoms with Gasteiger partial charge in [-0.25, -0.2) is 4.98 Å². The second-order valence-corrected chi connectivity index (χ2v) is 4.51. The molecule has 2 rings (SSSR count). The molecule has 0 saturated heterocycles. The smallest absolute Gasteiger partial charge is 0.137 e. The predicted octanol–water partition coefficient (Wildman–Crippen LogP) is 2.43. The molecule has 0 aliphatic rings. The van der Waals surface area contributed by atoms with Crippen LogP contribution in [0.25, 0.3) is 0 Å². The lowest BCUT2D eigenvalue weighted by atomic mass is 10.1. The summed E-state index contributed by atoms with van der Waals surface area (Å²) < 4.78 is 5.13. The van der Waals surface area contributed by atoms with Crippen LogP contribution < -0.4 is 10.5 Å². The third-order valence-electron chi connectivity index (χ3n) is 2.82. The van der Waals surface area contributed by atoms with Crippen LogP contribution in [-0.4, -0.2) is 17.1 Å². The van der Waals surface area contributed by atoms with E-state index in [1.54, 1.807) is 7.11 Å².